The molecule has 1 heterocycles. The summed E-state index contributed by atoms with van der Waals surface area (Å²) in [7, 11) is 1.34. The van der Waals surface area contributed by atoms with Gasteiger partial charge in [0.15, 0.2) is 0 Å². The second-order valence-electron chi connectivity index (χ2n) is 6.09. The first-order valence-electron chi connectivity index (χ1n) is 8.86. The van der Waals surface area contributed by atoms with Gasteiger partial charge in [0.25, 0.3) is 0 Å². The van der Waals surface area contributed by atoms with Gasteiger partial charge in [-0.2, -0.15) is 0 Å². The molecule has 0 saturated heterocycles. The number of unbranched alkanes of at least 4 members (excludes halogenated alkanes) is 2. The maximum Gasteiger partial charge on any atom is 0.330 e. The van der Waals surface area contributed by atoms with Crippen LogP contribution in [0.4, 0.5) is 0 Å². The Labute approximate surface area is 173 Å². The second-order valence-corrected chi connectivity index (χ2v) is 7.24. The fraction of sp³-hybridized carbons (Fsp3) is 0.400. The van der Waals surface area contributed by atoms with Crippen LogP contribution in [-0.2, 0) is 16.1 Å². The predicted octanol–water partition coefficient (Wildman–Crippen LogP) is 5.41. The molecule has 0 aliphatic heterocycles. The summed E-state index contributed by atoms with van der Waals surface area (Å²) in [5.41, 5.74) is 1.71. The summed E-state index contributed by atoms with van der Waals surface area (Å²) in [4.78, 5) is 15.8. The molecule has 2 rings (SSSR count). The van der Waals surface area contributed by atoms with Gasteiger partial charge in [0.1, 0.15) is 16.2 Å². The molecular weight excluding hydrogens is 432 g/mol. The third-order valence-corrected chi connectivity index (χ3v) is 5.04. The summed E-state index contributed by atoms with van der Waals surface area (Å²) in [5, 5.41) is 0.634. The minimum absolute atomic E-state index is 0.421. The van der Waals surface area contributed by atoms with Crippen molar-refractivity contribution in [1.82, 2.24) is 9.55 Å². The van der Waals surface area contributed by atoms with E-state index >= 15 is 0 Å². The minimum Gasteiger partial charge on any atom is -0.494 e. The molecule has 5 nitrogen and oxygen atoms in total. The Kier molecular flexibility index (Phi) is 8.38. The summed E-state index contributed by atoms with van der Waals surface area (Å²) in [6.07, 6.45) is 6.40. The lowest BCUT2D eigenvalue weighted by atomic mass is 10.2. The molecule has 0 atom stereocenters. The van der Waals surface area contributed by atoms with E-state index in [1.807, 2.05) is 29.7 Å². The van der Waals surface area contributed by atoms with Crippen molar-refractivity contribution < 1.29 is 14.3 Å². The molecule has 0 aliphatic rings. The maximum atomic E-state index is 11.4. The van der Waals surface area contributed by atoms with Gasteiger partial charge in [-0.25, -0.2) is 9.78 Å². The number of carbonyl (C=O) groups excluding carboxylic acids is 1. The Morgan fingerprint density at radius 2 is 2.15 bits per heavy atom. The van der Waals surface area contributed by atoms with Gasteiger partial charge >= 0.3 is 5.97 Å². The molecular formula is C20H24BrClN2O3. The van der Waals surface area contributed by atoms with Gasteiger partial charge < -0.3 is 14.0 Å². The zero-order valence-corrected chi connectivity index (χ0v) is 18.1. The van der Waals surface area contributed by atoms with Gasteiger partial charge in [-0.15, -0.1) is 0 Å². The smallest absolute Gasteiger partial charge is 0.330 e. The Morgan fingerprint density at radius 3 is 2.81 bits per heavy atom. The molecule has 0 aliphatic carbocycles. The molecule has 0 bridgehead atoms. The van der Waals surface area contributed by atoms with Crippen LogP contribution in [0, 0.1) is 6.92 Å². The first-order chi connectivity index (χ1) is 13.0. The van der Waals surface area contributed by atoms with Crippen molar-refractivity contribution in [2.45, 2.75) is 39.7 Å². The Morgan fingerprint density at radius 1 is 1.37 bits per heavy atom. The monoisotopic (exact) mass is 454 g/mol. The van der Waals surface area contributed by atoms with E-state index in [0.717, 1.165) is 42.1 Å². The van der Waals surface area contributed by atoms with Crippen LogP contribution in [0.2, 0.25) is 5.02 Å². The summed E-state index contributed by atoms with van der Waals surface area (Å²) in [5.74, 6) is 1.16. The number of aromatic nitrogens is 2. The van der Waals surface area contributed by atoms with Crippen LogP contribution in [0.1, 0.15) is 43.3 Å². The lowest BCUT2D eigenvalue weighted by Gasteiger charge is -2.12. The zero-order chi connectivity index (χ0) is 19.8. The van der Waals surface area contributed by atoms with Crippen LogP contribution in [0.3, 0.4) is 0 Å². The average Bonchev–Trinajstić information content (AvgIpc) is 2.91. The standard InChI is InChI=1S/C20H24BrClN2O3/c1-4-5-6-11-27-16-8-7-15(17(22)12-16)13-24-14(2)23-20(21)18(24)9-10-19(25)26-3/h7-10,12H,4-6,11,13H2,1-3H3. The SMILES string of the molecule is CCCCCOc1ccc(Cn2c(C)nc(Br)c2C=CC(=O)OC)c(Cl)c1. The molecule has 0 spiro atoms. The molecule has 2 aromatic rings. The highest BCUT2D eigenvalue weighted by atomic mass is 79.9. The Balaban J connectivity index is 2.17. The molecule has 7 heteroatoms. The summed E-state index contributed by atoms with van der Waals surface area (Å²) in [6.45, 7) is 5.29. The first kappa shape index (κ1) is 21.5. The number of rotatable bonds is 9. The quantitative estimate of drug-likeness (QED) is 0.288. The lowest BCUT2D eigenvalue weighted by molar-refractivity contribution is -0.134. The highest BCUT2D eigenvalue weighted by molar-refractivity contribution is 9.10. The number of aryl methyl sites for hydroxylation is 1. The molecule has 0 amide bonds. The fourth-order valence-corrected chi connectivity index (χ4v) is 3.41. The van der Waals surface area contributed by atoms with Gasteiger partial charge in [0.2, 0.25) is 0 Å². The van der Waals surface area contributed by atoms with E-state index in [0.29, 0.717) is 22.8 Å². The number of ether oxygens (including phenoxy) is 2. The number of benzene rings is 1. The predicted molar refractivity (Wildman–Crippen MR) is 111 cm³/mol. The molecule has 146 valence electrons. The summed E-state index contributed by atoms with van der Waals surface area (Å²) in [6, 6.07) is 5.73. The van der Waals surface area contributed by atoms with Gasteiger partial charge in [-0.05, 0) is 53.0 Å². The van der Waals surface area contributed by atoms with Crippen LogP contribution in [0.25, 0.3) is 6.08 Å². The number of carbonyl (C=O) groups is 1. The van der Waals surface area contributed by atoms with Crippen LogP contribution in [0.15, 0.2) is 28.9 Å². The van der Waals surface area contributed by atoms with Crippen molar-refractivity contribution in [2.24, 2.45) is 0 Å². The van der Waals surface area contributed by atoms with Gasteiger partial charge in [-0.1, -0.05) is 37.4 Å². The second kappa shape index (κ2) is 10.5. The van der Waals surface area contributed by atoms with E-state index in [9.17, 15) is 4.79 Å². The van der Waals surface area contributed by atoms with Gasteiger partial charge in [0.05, 0.1) is 26.0 Å². The van der Waals surface area contributed by atoms with Crippen LogP contribution < -0.4 is 4.74 Å². The fourth-order valence-electron chi connectivity index (χ4n) is 2.58. The topological polar surface area (TPSA) is 53.4 Å². The zero-order valence-electron chi connectivity index (χ0n) is 15.8. The van der Waals surface area contributed by atoms with E-state index in [4.69, 9.17) is 16.3 Å². The first-order valence-corrected chi connectivity index (χ1v) is 10.0. The number of esters is 1. The molecule has 1 aromatic carbocycles. The maximum absolute atomic E-state index is 11.4. The number of halogens is 2. The molecule has 0 N–H and O–H groups in total. The minimum atomic E-state index is -0.421. The molecule has 0 saturated carbocycles. The van der Waals surface area contributed by atoms with E-state index in [1.165, 1.54) is 13.2 Å². The summed E-state index contributed by atoms with van der Waals surface area (Å²) < 4.78 is 13.0. The van der Waals surface area contributed by atoms with E-state index in [-0.39, 0.29) is 0 Å². The van der Waals surface area contributed by atoms with Crippen LogP contribution in [0.5, 0.6) is 5.75 Å². The molecule has 0 radical (unpaired) electrons. The van der Waals surface area contributed by atoms with Crippen LogP contribution >= 0.6 is 27.5 Å². The van der Waals surface area contributed by atoms with Gasteiger partial charge in [-0.3, -0.25) is 0 Å². The molecule has 0 fully saturated rings. The third kappa shape index (κ3) is 6.11. The van der Waals surface area contributed by atoms with Gasteiger partial charge in [0, 0.05) is 11.1 Å². The largest absolute Gasteiger partial charge is 0.494 e. The molecule has 27 heavy (non-hydrogen) atoms. The van der Waals surface area contributed by atoms with Crippen LogP contribution in [-0.4, -0.2) is 29.2 Å². The normalized spacial score (nSPS) is 11.1. The summed E-state index contributed by atoms with van der Waals surface area (Å²) >= 11 is 9.90. The van der Waals surface area contributed by atoms with E-state index in [1.54, 1.807) is 6.08 Å². The number of hydrogen-bond acceptors (Lipinski definition) is 4. The van der Waals surface area contributed by atoms with Crippen molar-refractivity contribution in [3.8, 4) is 5.75 Å². The van der Waals surface area contributed by atoms with Crippen molar-refractivity contribution >= 4 is 39.6 Å². The lowest BCUT2D eigenvalue weighted by Crippen LogP contribution is -2.06. The number of methoxy groups -OCH3 is 1. The van der Waals surface area contributed by atoms with Crippen molar-refractivity contribution in [3.63, 3.8) is 0 Å². The van der Waals surface area contributed by atoms with Crippen molar-refractivity contribution in [1.29, 1.82) is 0 Å². The molecule has 0 unspecified atom stereocenters. The van der Waals surface area contributed by atoms with E-state index in [2.05, 4.69) is 32.6 Å². The number of imidazole rings is 1. The highest BCUT2D eigenvalue weighted by Gasteiger charge is 2.13. The number of hydrogen-bond donors (Lipinski definition) is 0. The number of nitrogens with zero attached hydrogens (tertiary/aromatic N) is 2. The Bertz CT molecular complexity index is 818. The highest BCUT2D eigenvalue weighted by Crippen LogP contribution is 2.26. The molecule has 1 aromatic heterocycles. The average molecular weight is 456 g/mol. The van der Waals surface area contributed by atoms with E-state index < -0.39 is 5.97 Å². The van der Waals surface area contributed by atoms with Crippen molar-refractivity contribution in [2.75, 3.05) is 13.7 Å². The Hall–Kier alpha value is -1.79. The van der Waals surface area contributed by atoms with Crippen molar-refractivity contribution in [3.05, 3.63) is 51.0 Å². The third-order valence-electron chi connectivity index (χ3n) is 4.10.